The van der Waals surface area contributed by atoms with Crippen LogP contribution in [0.5, 0.6) is 0 Å². The minimum Gasteiger partial charge on any atom is -0.481 e. The average molecular weight is 326 g/mol. The van der Waals surface area contributed by atoms with Gasteiger partial charge in [0.25, 0.3) is 0 Å². The molecule has 23 heavy (non-hydrogen) atoms. The average Bonchev–Trinajstić information content (AvgIpc) is 2.75. The molecule has 0 bridgehead atoms. The number of aliphatic carboxylic acids is 1. The molecule has 0 aromatic rings. The number of unbranched alkanes of at least 4 members (excludes halogenated alkanes) is 3. The quantitative estimate of drug-likeness (QED) is 0.401. The Bertz CT molecular complexity index is 404. The first-order chi connectivity index (χ1) is 11.0. The maximum absolute atomic E-state index is 12.0. The summed E-state index contributed by atoms with van der Waals surface area (Å²) in [5, 5.41) is 28.6. The third kappa shape index (κ3) is 7.27. The molecule has 0 radical (unpaired) electrons. The van der Waals surface area contributed by atoms with Crippen molar-refractivity contribution in [3.63, 3.8) is 0 Å². The molecule has 4 atom stereocenters. The van der Waals surface area contributed by atoms with E-state index in [1.807, 2.05) is 0 Å². The highest BCUT2D eigenvalue weighted by atomic mass is 16.4. The van der Waals surface area contributed by atoms with Crippen LogP contribution in [-0.4, -0.2) is 39.3 Å². The van der Waals surface area contributed by atoms with Gasteiger partial charge in [-0.3, -0.25) is 9.59 Å². The fraction of sp³-hybridized carbons (Fsp3) is 0.778. The van der Waals surface area contributed by atoms with Crippen LogP contribution >= 0.6 is 0 Å². The van der Waals surface area contributed by atoms with Crippen molar-refractivity contribution in [3.05, 3.63) is 12.2 Å². The summed E-state index contributed by atoms with van der Waals surface area (Å²) in [4.78, 5) is 22.5. The number of aliphatic hydroxyl groups excluding tert-OH is 2. The molecule has 1 rings (SSSR count). The molecule has 0 saturated heterocycles. The molecule has 0 spiro atoms. The molecule has 0 aromatic carbocycles. The van der Waals surface area contributed by atoms with Gasteiger partial charge in [0.2, 0.25) is 0 Å². The lowest BCUT2D eigenvalue weighted by Gasteiger charge is -2.18. The van der Waals surface area contributed by atoms with E-state index in [0.717, 1.165) is 19.3 Å². The molecule has 0 amide bonds. The molecule has 5 nitrogen and oxygen atoms in total. The van der Waals surface area contributed by atoms with Crippen molar-refractivity contribution in [3.8, 4) is 0 Å². The molecule has 0 heterocycles. The van der Waals surface area contributed by atoms with Gasteiger partial charge in [0.05, 0.1) is 12.2 Å². The number of Topliss-reactive ketones (excluding diaryl/α,β-unsaturated/α-hetero) is 1. The van der Waals surface area contributed by atoms with Gasteiger partial charge in [0.15, 0.2) is 0 Å². The second kappa shape index (κ2) is 10.6. The summed E-state index contributed by atoms with van der Waals surface area (Å²) in [6.07, 6.45) is 8.20. The van der Waals surface area contributed by atoms with E-state index in [4.69, 9.17) is 5.11 Å². The van der Waals surface area contributed by atoms with Crippen molar-refractivity contribution in [2.75, 3.05) is 0 Å². The number of hydrogen-bond acceptors (Lipinski definition) is 4. The summed E-state index contributed by atoms with van der Waals surface area (Å²) in [5.74, 6) is -1.29. The lowest BCUT2D eigenvalue weighted by atomic mass is 9.88. The molecule has 0 unspecified atom stereocenters. The molecular weight excluding hydrogens is 296 g/mol. The summed E-state index contributed by atoms with van der Waals surface area (Å²) in [5.41, 5.74) is 0. The van der Waals surface area contributed by atoms with Gasteiger partial charge >= 0.3 is 5.97 Å². The third-order valence-electron chi connectivity index (χ3n) is 4.55. The predicted molar refractivity (Wildman–Crippen MR) is 88.0 cm³/mol. The molecular formula is C18H30O5. The molecule has 0 aliphatic heterocycles. The van der Waals surface area contributed by atoms with Gasteiger partial charge in [-0.05, 0) is 19.3 Å². The first kappa shape index (κ1) is 19.8. The van der Waals surface area contributed by atoms with Crippen LogP contribution < -0.4 is 0 Å². The molecule has 0 aromatic heterocycles. The van der Waals surface area contributed by atoms with Crippen molar-refractivity contribution in [2.45, 2.75) is 76.9 Å². The number of hydrogen-bond donors (Lipinski definition) is 3. The summed E-state index contributed by atoms with van der Waals surface area (Å²) in [7, 11) is 0. The third-order valence-corrected chi connectivity index (χ3v) is 4.55. The number of carbonyl (C=O) groups excluding carboxylic acids is 1. The molecule has 1 saturated carbocycles. The predicted octanol–water partition coefficient (Wildman–Crippen LogP) is 2.69. The highest BCUT2D eigenvalue weighted by Crippen LogP contribution is 2.34. The van der Waals surface area contributed by atoms with Crippen LogP contribution in [0.2, 0.25) is 0 Å². The molecule has 1 aliphatic carbocycles. The lowest BCUT2D eigenvalue weighted by molar-refractivity contribution is -0.137. The fourth-order valence-electron chi connectivity index (χ4n) is 3.19. The first-order valence-electron chi connectivity index (χ1n) is 8.74. The van der Waals surface area contributed by atoms with E-state index in [-0.39, 0.29) is 30.5 Å². The van der Waals surface area contributed by atoms with Crippen LogP contribution in [0.1, 0.15) is 64.7 Å². The second-order valence-corrected chi connectivity index (χ2v) is 6.51. The van der Waals surface area contributed by atoms with Crippen molar-refractivity contribution in [1.29, 1.82) is 0 Å². The van der Waals surface area contributed by atoms with Crippen LogP contribution in [0.4, 0.5) is 0 Å². The van der Waals surface area contributed by atoms with Crippen molar-refractivity contribution in [1.82, 2.24) is 0 Å². The standard InChI is InChI=1S/C18H30O5/c1-2-3-4-7-13(19)10-11-15-14(16(20)12-17(15)21)8-5-6-9-18(22)23/h10-11,13-15,17,19,21H,2-9,12H2,1H3,(H,22,23)/b11-10+/t13-,14-,15+,17+/m0/s1. The number of ketones is 1. The highest BCUT2D eigenvalue weighted by Gasteiger charge is 2.39. The number of aliphatic hydroxyl groups is 2. The number of carboxylic acid groups (broad SMARTS) is 1. The maximum Gasteiger partial charge on any atom is 0.303 e. The van der Waals surface area contributed by atoms with Gasteiger partial charge in [-0.25, -0.2) is 0 Å². The monoisotopic (exact) mass is 326 g/mol. The van der Waals surface area contributed by atoms with E-state index in [1.165, 1.54) is 0 Å². The van der Waals surface area contributed by atoms with Gasteiger partial charge in [-0.15, -0.1) is 0 Å². The zero-order valence-electron chi connectivity index (χ0n) is 14.0. The van der Waals surface area contributed by atoms with Gasteiger partial charge in [-0.2, -0.15) is 0 Å². The van der Waals surface area contributed by atoms with E-state index in [2.05, 4.69) is 6.92 Å². The Morgan fingerprint density at radius 2 is 2.04 bits per heavy atom. The Morgan fingerprint density at radius 1 is 1.30 bits per heavy atom. The van der Waals surface area contributed by atoms with Crippen LogP contribution in [0.25, 0.3) is 0 Å². The Hall–Kier alpha value is -1.20. The summed E-state index contributed by atoms with van der Waals surface area (Å²) in [6.45, 7) is 2.11. The van der Waals surface area contributed by atoms with Gasteiger partial charge in [0.1, 0.15) is 5.78 Å². The number of carboxylic acids is 1. The highest BCUT2D eigenvalue weighted by molar-refractivity contribution is 5.84. The van der Waals surface area contributed by atoms with Gasteiger partial charge in [-0.1, -0.05) is 44.8 Å². The van der Waals surface area contributed by atoms with Crippen LogP contribution in [0, 0.1) is 11.8 Å². The maximum atomic E-state index is 12.0. The van der Waals surface area contributed by atoms with E-state index in [0.29, 0.717) is 25.7 Å². The van der Waals surface area contributed by atoms with Gasteiger partial charge in [0, 0.05) is 24.7 Å². The van der Waals surface area contributed by atoms with E-state index < -0.39 is 18.2 Å². The Kier molecular flexibility index (Phi) is 9.10. The number of carbonyl (C=O) groups is 2. The summed E-state index contributed by atoms with van der Waals surface area (Å²) >= 11 is 0. The molecule has 3 N–H and O–H groups in total. The molecule has 1 aliphatic rings. The SMILES string of the molecule is CCCCC[C@H](O)/C=C/[C@H]1[C@H](O)CC(=O)[C@H]1CCCCC(=O)O. The Morgan fingerprint density at radius 3 is 2.70 bits per heavy atom. The smallest absolute Gasteiger partial charge is 0.303 e. The zero-order valence-corrected chi connectivity index (χ0v) is 14.0. The van der Waals surface area contributed by atoms with Crippen LogP contribution in [0.3, 0.4) is 0 Å². The minimum atomic E-state index is -0.825. The second-order valence-electron chi connectivity index (χ2n) is 6.51. The molecule has 5 heteroatoms. The minimum absolute atomic E-state index is 0.0444. The van der Waals surface area contributed by atoms with Crippen molar-refractivity contribution >= 4 is 11.8 Å². The largest absolute Gasteiger partial charge is 0.481 e. The van der Waals surface area contributed by atoms with Crippen LogP contribution in [-0.2, 0) is 9.59 Å². The zero-order chi connectivity index (χ0) is 17.2. The normalized spacial score (nSPS) is 26.0. The van der Waals surface area contributed by atoms with Crippen molar-refractivity contribution in [2.24, 2.45) is 11.8 Å². The van der Waals surface area contributed by atoms with Crippen molar-refractivity contribution < 1.29 is 24.9 Å². The Balaban J connectivity index is 2.48. The molecule has 132 valence electrons. The van der Waals surface area contributed by atoms with E-state index >= 15 is 0 Å². The summed E-state index contributed by atoms with van der Waals surface area (Å²) in [6, 6.07) is 0. The van der Waals surface area contributed by atoms with Crippen LogP contribution in [0.15, 0.2) is 12.2 Å². The lowest BCUT2D eigenvalue weighted by Crippen LogP contribution is -2.19. The Labute approximate surface area is 138 Å². The first-order valence-corrected chi connectivity index (χ1v) is 8.74. The summed E-state index contributed by atoms with van der Waals surface area (Å²) < 4.78 is 0. The fourth-order valence-corrected chi connectivity index (χ4v) is 3.19. The topological polar surface area (TPSA) is 94.8 Å². The van der Waals surface area contributed by atoms with E-state index in [1.54, 1.807) is 12.2 Å². The van der Waals surface area contributed by atoms with Gasteiger partial charge < -0.3 is 15.3 Å². The molecule has 1 fully saturated rings. The van der Waals surface area contributed by atoms with E-state index in [9.17, 15) is 19.8 Å². The number of rotatable bonds is 11.